The molecule has 22 heavy (non-hydrogen) atoms. The number of rotatable bonds is 5. The number of para-hydroxylation sites is 1. The monoisotopic (exact) mass is 287 g/mol. The van der Waals surface area contributed by atoms with Crippen LogP contribution in [-0.4, -0.2) is 11.5 Å². The highest BCUT2D eigenvalue weighted by molar-refractivity contribution is 5.81. The molecule has 0 aliphatic carbocycles. The molecule has 0 aliphatic rings. The molecule has 1 heterocycles. The lowest BCUT2D eigenvalue weighted by molar-refractivity contribution is 0.689. The van der Waals surface area contributed by atoms with E-state index in [-0.39, 0.29) is 0 Å². The number of nitrogens with zero attached hydrogens (tertiary/aromatic N) is 2. The molecule has 3 aromatic rings. The van der Waals surface area contributed by atoms with Gasteiger partial charge in [-0.2, -0.15) is 5.26 Å². The Morgan fingerprint density at radius 2 is 1.91 bits per heavy atom. The number of hydrogen-bond donors (Lipinski definition) is 1. The van der Waals surface area contributed by atoms with Gasteiger partial charge in [-0.25, -0.2) is 0 Å². The summed E-state index contributed by atoms with van der Waals surface area (Å²) in [5.41, 5.74) is 4.17. The molecule has 0 radical (unpaired) electrons. The second-order valence-corrected chi connectivity index (χ2v) is 5.23. The number of benzene rings is 2. The predicted octanol–water partition coefficient (Wildman–Crippen LogP) is 3.44. The Morgan fingerprint density at radius 1 is 1.05 bits per heavy atom. The summed E-state index contributed by atoms with van der Waals surface area (Å²) in [5, 5.41) is 13.5. The van der Waals surface area contributed by atoms with Gasteiger partial charge in [-0.1, -0.05) is 36.4 Å². The minimum absolute atomic E-state index is 0.718. The minimum Gasteiger partial charge on any atom is -0.312 e. The van der Waals surface area contributed by atoms with E-state index in [0.717, 1.165) is 30.6 Å². The number of aromatic nitrogens is 1. The zero-order chi connectivity index (χ0) is 15.2. The first kappa shape index (κ1) is 14.2. The Bertz CT molecular complexity index is 813. The summed E-state index contributed by atoms with van der Waals surface area (Å²) >= 11 is 0. The fourth-order valence-corrected chi connectivity index (χ4v) is 2.56. The number of nitrogens with one attached hydrogen (secondary N) is 1. The molecule has 0 unspecified atom stereocenters. The van der Waals surface area contributed by atoms with Gasteiger partial charge in [-0.3, -0.25) is 4.98 Å². The Labute approximate surface area is 130 Å². The molecule has 0 aliphatic heterocycles. The van der Waals surface area contributed by atoms with Gasteiger partial charge in [0.1, 0.15) is 0 Å². The summed E-state index contributed by atoms with van der Waals surface area (Å²) in [6, 6.07) is 20.2. The van der Waals surface area contributed by atoms with Crippen LogP contribution in [0, 0.1) is 11.3 Å². The number of nitriles is 1. The van der Waals surface area contributed by atoms with Gasteiger partial charge in [0.2, 0.25) is 0 Å². The highest BCUT2D eigenvalue weighted by Crippen LogP contribution is 2.15. The molecular formula is C19H17N3. The second-order valence-electron chi connectivity index (χ2n) is 5.23. The van der Waals surface area contributed by atoms with Gasteiger partial charge in [0.25, 0.3) is 0 Å². The Morgan fingerprint density at radius 3 is 2.82 bits per heavy atom. The Hall–Kier alpha value is -2.70. The highest BCUT2D eigenvalue weighted by Gasteiger charge is 2.01. The van der Waals surface area contributed by atoms with Crippen molar-refractivity contribution in [2.24, 2.45) is 0 Å². The van der Waals surface area contributed by atoms with Crippen molar-refractivity contribution in [1.82, 2.24) is 10.3 Å². The van der Waals surface area contributed by atoms with Crippen molar-refractivity contribution in [2.75, 3.05) is 6.54 Å². The van der Waals surface area contributed by atoms with E-state index in [1.165, 1.54) is 16.5 Å². The van der Waals surface area contributed by atoms with Crippen molar-refractivity contribution >= 4 is 10.9 Å². The number of hydrogen-bond acceptors (Lipinski definition) is 3. The maximum Gasteiger partial charge on any atom is 0.0991 e. The summed E-state index contributed by atoms with van der Waals surface area (Å²) in [4.78, 5) is 4.46. The van der Waals surface area contributed by atoms with Crippen LogP contribution in [0.1, 0.15) is 16.7 Å². The lowest BCUT2D eigenvalue weighted by Gasteiger charge is -2.08. The van der Waals surface area contributed by atoms with Crippen LogP contribution in [0.2, 0.25) is 0 Å². The summed E-state index contributed by atoms with van der Waals surface area (Å²) in [5.74, 6) is 0. The van der Waals surface area contributed by atoms with E-state index in [1.807, 2.05) is 30.5 Å². The average Bonchev–Trinajstić information content (AvgIpc) is 2.59. The zero-order valence-corrected chi connectivity index (χ0v) is 12.3. The van der Waals surface area contributed by atoms with E-state index in [9.17, 15) is 0 Å². The van der Waals surface area contributed by atoms with Gasteiger partial charge < -0.3 is 5.32 Å². The summed E-state index contributed by atoms with van der Waals surface area (Å²) in [6.07, 6.45) is 2.74. The highest BCUT2D eigenvalue weighted by atomic mass is 14.8. The van der Waals surface area contributed by atoms with Crippen molar-refractivity contribution in [3.8, 4) is 6.07 Å². The van der Waals surface area contributed by atoms with E-state index >= 15 is 0 Å². The van der Waals surface area contributed by atoms with Crippen LogP contribution in [0.25, 0.3) is 10.9 Å². The van der Waals surface area contributed by atoms with Gasteiger partial charge in [0.05, 0.1) is 17.1 Å². The van der Waals surface area contributed by atoms with Crippen LogP contribution < -0.4 is 5.32 Å². The SMILES string of the molecule is N#Cc1cccc(CCNCc2cccc3cccnc23)c1. The average molecular weight is 287 g/mol. The molecule has 0 spiro atoms. The van der Waals surface area contributed by atoms with Gasteiger partial charge in [-0.15, -0.1) is 0 Å². The standard InChI is InChI=1S/C19H17N3/c20-13-16-5-1-4-15(12-16)9-11-21-14-18-7-2-6-17-8-3-10-22-19(17)18/h1-8,10,12,21H,9,11,14H2. The third-order valence-electron chi connectivity index (χ3n) is 3.68. The van der Waals surface area contributed by atoms with Crippen LogP contribution in [0.15, 0.2) is 60.8 Å². The van der Waals surface area contributed by atoms with Gasteiger partial charge >= 0.3 is 0 Å². The molecule has 0 amide bonds. The maximum absolute atomic E-state index is 8.91. The zero-order valence-electron chi connectivity index (χ0n) is 12.3. The molecule has 0 bridgehead atoms. The molecule has 3 heteroatoms. The van der Waals surface area contributed by atoms with Crippen molar-refractivity contribution in [3.63, 3.8) is 0 Å². The van der Waals surface area contributed by atoms with E-state index in [1.54, 1.807) is 0 Å². The molecule has 3 nitrogen and oxygen atoms in total. The first-order valence-corrected chi connectivity index (χ1v) is 7.39. The van der Waals surface area contributed by atoms with Gasteiger partial charge in [0, 0.05) is 18.1 Å². The first-order chi connectivity index (χ1) is 10.9. The van der Waals surface area contributed by atoms with Gasteiger partial charge in [0.15, 0.2) is 0 Å². The topological polar surface area (TPSA) is 48.7 Å². The molecule has 1 N–H and O–H groups in total. The van der Waals surface area contributed by atoms with E-state index < -0.39 is 0 Å². The molecule has 0 fully saturated rings. The number of fused-ring (bicyclic) bond motifs is 1. The molecule has 1 aromatic heterocycles. The molecule has 108 valence electrons. The smallest absolute Gasteiger partial charge is 0.0991 e. The summed E-state index contributed by atoms with van der Waals surface area (Å²) < 4.78 is 0. The largest absolute Gasteiger partial charge is 0.312 e. The second kappa shape index (κ2) is 6.84. The van der Waals surface area contributed by atoms with E-state index in [2.05, 4.69) is 46.7 Å². The van der Waals surface area contributed by atoms with Gasteiger partial charge in [-0.05, 0) is 42.3 Å². The maximum atomic E-state index is 8.91. The molecule has 0 saturated carbocycles. The molecule has 3 rings (SSSR count). The molecule has 0 saturated heterocycles. The van der Waals surface area contributed by atoms with E-state index in [0.29, 0.717) is 0 Å². The third kappa shape index (κ3) is 3.30. The quantitative estimate of drug-likeness (QED) is 0.731. The predicted molar refractivity (Wildman–Crippen MR) is 88.3 cm³/mol. The van der Waals surface area contributed by atoms with Crippen molar-refractivity contribution in [2.45, 2.75) is 13.0 Å². The Balaban J connectivity index is 1.60. The summed E-state index contributed by atoms with van der Waals surface area (Å²) in [7, 11) is 0. The number of pyridine rings is 1. The first-order valence-electron chi connectivity index (χ1n) is 7.39. The van der Waals surface area contributed by atoms with Crippen LogP contribution >= 0.6 is 0 Å². The lowest BCUT2D eigenvalue weighted by atomic mass is 10.1. The minimum atomic E-state index is 0.718. The molecule has 0 atom stereocenters. The lowest BCUT2D eigenvalue weighted by Crippen LogP contribution is -2.17. The van der Waals surface area contributed by atoms with Crippen LogP contribution in [-0.2, 0) is 13.0 Å². The van der Waals surface area contributed by atoms with Crippen molar-refractivity contribution in [3.05, 3.63) is 77.5 Å². The summed E-state index contributed by atoms with van der Waals surface area (Å²) in [6.45, 7) is 1.67. The van der Waals surface area contributed by atoms with Crippen molar-refractivity contribution in [1.29, 1.82) is 5.26 Å². The molecule has 2 aromatic carbocycles. The van der Waals surface area contributed by atoms with E-state index in [4.69, 9.17) is 5.26 Å². The normalized spacial score (nSPS) is 10.5. The van der Waals surface area contributed by atoms with Crippen LogP contribution in [0.3, 0.4) is 0 Å². The molecular weight excluding hydrogens is 270 g/mol. The fraction of sp³-hybridized carbons (Fsp3) is 0.158. The van der Waals surface area contributed by atoms with Crippen LogP contribution in [0.4, 0.5) is 0 Å². The fourth-order valence-electron chi connectivity index (χ4n) is 2.56. The van der Waals surface area contributed by atoms with Crippen LogP contribution in [0.5, 0.6) is 0 Å². The van der Waals surface area contributed by atoms with Crippen molar-refractivity contribution < 1.29 is 0 Å². The Kier molecular flexibility index (Phi) is 4.43. The third-order valence-corrected chi connectivity index (χ3v) is 3.68.